The number of hydrogen-bond acceptors (Lipinski definition) is 3. The highest BCUT2D eigenvalue weighted by Crippen LogP contribution is 2.26. The van der Waals surface area contributed by atoms with E-state index in [2.05, 4.69) is 21.2 Å². The number of carbonyl (C=O) groups is 1. The first-order valence-electron chi connectivity index (χ1n) is 7.25. The maximum Gasteiger partial charge on any atom is 0.249 e. The van der Waals surface area contributed by atoms with Crippen molar-refractivity contribution < 1.29 is 13.9 Å². The third-order valence-corrected chi connectivity index (χ3v) is 4.37. The number of anilines is 2. The Balaban J connectivity index is 1.72. The van der Waals surface area contributed by atoms with Crippen molar-refractivity contribution in [3.8, 4) is 5.75 Å². The van der Waals surface area contributed by atoms with Crippen LogP contribution in [0.25, 0.3) is 0 Å². The average molecular weight is 379 g/mol. The molecule has 0 spiro atoms. The summed E-state index contributed by atoms with van der Waals surface area (Å²) in [5.74, 6) is -0.277. The van der Waals surface area contributed by atoms with Gasteiger partial charge in [0, 0.05) is 28.5 Å². The minimum atomic E-state index is -0.451. The highest BCUT2D eigenvalue weighted by atomic mass is 79.9. The van der Waals surface area contributed by atoms with Gasteiger partial charge in [-0.1, -0.05) is 15.9 Å². The van der Waals surface area contributed by atoms with Crippen molar-refractivity contribution in [3.05, 3.63) is 52.8 Å². The number of methoxy groups -OCH3 is 1. The molecular formula is C17H16BrFN2O2. The Morgan fingerprint density at radius 1 is 1.26 bits per heavy atom. The van der Waals surface area contributed by atoms with Gasteiger partial charge in [0.15, 0.2) is 11.6 Å². The number of ether oxygens (including phenoxy) is 1. The monoisotopic (exact) mass is 378 g/mol. The third-order valence-electron chi connectivity index (χ3n) is 3.84. The number of rotatable bonds is 4. The molecule has 0 aliphatic carbocycles. The van der Waals surface area contributed by atoms with Crippen molar-refractivity contribution >= 4 is 33.2 Å². The second kappa shape index (κ2) is 6.58. The largest absolute Gasteiger partial charge is 0.494 e. The molecule has 2 aromatic rings. The first-order valence-corrected chi connectivity index (χ1v) is 8.05. The maximum atomic E-state index is 13.7. The van der Waals surface area contributed by atoms with Gasteiger partial charge in [-0.05, 0) is 42.8 Å². The van der Waals surface area contributed by atoms with Gasteiger partial charge in [-0.2, -0.15) is 0 Å². The van der Waals surface area contributed by atoms with E-state index in [0.29, 0.717) is 18.7 Å². The first-order chi connectivity index (χ1) is 11.1. The van der Waals surface area contributed by atoms with Crippen LogP contribution in [-0.4, -0.2) is 25.6 Å². The van der Waals surface area contributed by atoms with Crippen LogP contribution < -0.4 is 15.0 Å². The molecule has 1 amide bonds. The lowest BCUT2D eigenvalue weighted by atomic mass is 10.2. The summed E-state index contributed by atoms with van der Waals surface area (Å²) in [4.78, 5) is 14.3. The van der Waals surface area contributed by atoms with Gasteiger partial charge in [-0.25, -0.2) is 4.39 Å². The second-order valence-corrected chi connectivity index (χ2v) is 6.22. The SMILES string of the molecule is COc1ccc(NC2CCN(c3ccc(Br)cc3)C2=O)cc1F. The Kier molecular flexibility index (Phi) is 4.52. The average Bonchev–Trinajstić information content (AvgIpc) is 2.89. The molecule has 1 aliphatic heterocycles. The molecule has 0 bridgehead atoms. The standard InChI is InChI=1S/C17H16BrFN2O2/c1-23-16-7-4-12(10-14(16)19)20-15-8-9-21(17(15)22)13-5-2-11(18)3-6-13/h2-7,10,15,20H,8-9H2,1H3. The number of halogens is 2. The van der Waals surface area contributed by atoms with E-state index < -0.39 is 5.82 Å². The van der Waals surface area contributed by atoms with Gasteiger partial charge in [-0.3, -0.25) is 4.79 Å². The minimum Gasteiger partial charge on any atom is -0.494 e. The molecule has 0 aromatic heterocycles. The molecule has 1 heterocycles. The number of benzene rings is 2. The lowest BCUT2D eigenvalue weighted by Crippen LogP contribution is -2.33. The number of hydrogen-bond donors (Lipinski definition) is 1. The third kappa shape index (κ3) is 3.32. The van der Waals surface area contributed by atoms with Crippen LogP contribution in [0.1, 0.15) is 6.42 Å². The van der Waals surface area contributed by atoms with E-state index >= 15 is 0 Å². The Morgan fingerprint density at radius 3 is 2.65 bits per heavy atom. The Hall–Kier alpha value is -2.08. The van der Waals surface area contributed by atoms with E-state index in [9.17, 15) is 9.18 Å². The molecule has 120 valence electrons. The molecule has 23 heavy (non-hydrogen) atoms. The molecule has 2 aromatic carbocycles. The van der Waals surface area contributed by atoms with Gasteiger partial charge in [0.1, 0.15) is 6.04 Å². The molecule has 0 radical (unpaired) electrons. The quantitative estimate of drug-likeness (QED) is 0.879. The van der Waals surface area contributed by atoms with Gasteiger partial charge in [-0.15, -0.1) is 0 Å². The zero-order valence-corrected chi connectivity index (χ0v) is 14.1. The van der Waals surface area contributed by atoms with E-state index in [1.807, 2.05) is 24.3 Å². The Labute approximate surface area is 142 Å². The summed E-state index contributed by atoms with van der Waals surface area (Å²) in [6.45, 7) is 0.636. The predicted octanol–water partition coefficient (Wildman–Crippen LogP) is 3.81. The van der Waals surface area contributed by atoms with Crippen molar-refractivity contribution in [2.45, 2.75) is 12.5 Å². The van der Waals surface area contributed by atoms with Crippen molar-refractivity contribution in [1.82, 2.24) is 0 Å². The Morgan fingerprint density at radius 2 is 2.00 bits per heavy atom. The van der Waals surface area contributed by atoms with Gasteiger partial charge in [0.05, 0.1) is 7.11 Å². The number of amides is 1. The zero-order chi connectivity index (χ0) is 16.4. The highest BCUT2D eigenvalue weighted by molar-refractivity contribution is 9.10. The lowest BCUT2D eigenvalue weighted by molar-refractivity contribution is -0.117. The van der Waals surface area contributed by atoms with Crippen LogP contribution in [-0.2, 0) is 4.79 Å². The fourth-order valence-corrected chi connectivity index (χ4v) is 2.91. The van der Waals surface area contributed by atoms with Crippen molar-refractivity contribution in [2.24, 2.45) is 0 Å². The minimum absolute atomic E-state index is 0.0106. The van der Waals surface area contributed by atoms with Crippen LogP contribution in [0.4, 0.5) is 15.8 Å². The number of nitrogens with one attached hydrogen (secondary N) is 1. The summed E-state index contributed by atoms with van der Waals surface area (Å²) in [5.41, 5.74) is 1.43. The molecule has 1 unspecified atom stereocenters. The van der Waals surface area contributed by atoms with E-state index in [4.69, 9.17) is 4.74 Å². The fourth-order valence-electron chi connectivity index (χ4n) is 2.65. The lowest BCUT2D eigenvalue weighted by Gasteiger charge is -2.18. The fraction of sp³-hybridized carbons (Fsp3) is 0.235. The topological polar surface area (TPSA) is 41.6 Å². The summed E-state index contributed by atoms with van der Waals surface area (Å²) in [6, 6.07) is 11.8. The van der Waals surface area contributed by atoms with Gasteiger partial charge >= 0.3 is 0 Å². The van der Waals surface area contributed by atoms with Crippen LogP contribution in [0.15, 0.2) is 46.9 Å². The zero-order valence-electron chi connectivity index (χ0n) is 12.6. The molecule has 4 nitrogen and oxygen atoms in total. The van der Waals surface area contributed by atoms with E-state index in [0.717, 1.165) is 10.2 Å². The second-order valence-electron chi connectivity index (χ2n) is 5.30. The molecular weight excluding hydrogens is 363 g/mol. The highest BCUT2D eigenvalue weighted by Gasteiger charge is 2.32. The summed E-state index contributed by atoms with van der Waals surface area (Å²) < 4.78 is 19.6. The van der Waals surface area contributed by atoms with Gasteiger partial charge < -0.3 is 15.0 Å². The smallest absolute Gasteiger partial charge is 0.249 e. The van der Waals surface area contributed by atoms with Crippen LogP contribution in [0.5, 0.6) is 5.75 Å². The molecule has 1 saturated heterocycles. The normalized spacial score (nSPS) is 17.4. The summed E-state index contributed by atoms with van der Waals surface area (Å²) >= 11 is 3.38. The number of carbonyl (C=O) groups excluding carboxylic acids is 1. The maximum absolute atomic E-state index is 13.7. The van der Waals surface area contributed by atoms with E-state index in [1.54, 1.807) is 17.0 Å². The van der Waals surface area contributed by atoms with Crippen LogP contribution in [0.2, 0.25) is 0 Å². The molecule has 0 saturated carbocycles. The van der Waals surface area contributed by atoms with Crippen LogP contribution >= 0.6 is 15.9 Å². The van der Waals surface area contributed by atoms with Gasteiger partial charge in [0.25, 0.3) is 0 Å². The van der Waals surface area contributed by atoms with Crippen LogP contribution in [0, 0.1) is 5.82 Å². The van der Waals surface area contributed by atoms with Crippen molar-refractivity contribution in [3.63, 3.8) is 0 Å². The summed E-state index contributed by atoms with van der Waals surface area (Å²) in [7, 11) is 1.42. The van der Waals surface area contributed by atoms with Gasteiger partial charge in [0.2, 0.25) is 5.91 Å². The molecule has 1 aliphatic rings. The summed E-state index contributed by atoms with van der Waals surface area (Å²) in [5, 5.41) is 3.10. The first kappa shape index (κ1) is 15.8. The molecule has 6 heteroatoms. The van der Waals surface area contributed by atoms with Crippen molar-refractivity contribution in [2.75, 3.05) is 23.9 Å². The van der Waals surface area contributed by atoms with E-state index in [1.165, 1.54) is 13.2 Å². The van der Waals surface area contributed by atoms with E-state index in [-0.39, 0.29) is 17.7 Å². The molecule has 1 N–H and O–H groups in total. The molecule has 1 atom stereocenters. The molecule has 1 fully saturated rings. The number of nitrogens with zero attached hydrogens (tertiary/aromatic N) is 1. The van der Waals surface area contributed by atoms with Crippen molar-refractivity contribution in [1.29, 1.82) is 0 Å². The predicted molar refractivity (Wildman–Crippen MR) is 91.5 cm³/mol. The molecule has 3 rings (SSSR count). The Bertz CT molecular complexity index is 721. The van der Waals surface area contributed by atoms with Crippen LogP contribution in [0.3, 0.4) is 0 Å². The summed E-state index contributed by atoms with van der Waals surface area (Å²) in [6.07, 6.45) is 0.669.